The number of nitrogens with zero attached hydrogens (tertiary/aromatic N) is 8. The molecular weight excluding hydrogens is 925 g/mol. The van der Waals surface area contributed by atoms with E-state index in [1.54, 1.807) is 54.9 Å². The molecule has 1 aliphatic heterocycles. The van der Waals surface area contributed by atoms with Gasteiger partial charge >= 0.3 is 11.8 Å². The van der Waals surface area contributed by atoms with Crippen LogP contribution in [0.4, 0.5) is 16.3 Å². The first-order valence-electron chi connectivity index (χ1n) is 25.2. The summed E-state index contributed by atoms with van der Waals surface area (Å²) < 4.78 is 28.2. The van der Waals surface area contributed by atoms with E-state index in [0.717, 1.165) is 69.1 Å². The van der Waals surface area contributed by atoms with Crippen molar-refractivity contribution in [3.05, 3.63) is 76.4 Å². The van der Waals surface area contributed by atoms with Crippen LogP contribution in [-0.2, 0) is 42.9 Å². The van der Waals surface area contributed by atoms with Gasteiger partial charge in [0.05, 0.1) is 42.6 Å². The van der Waals surface area contributed by atoms with Crippen LogP contribution in [0.3, 0.4) is 0 Å². The minimum absolute atomic E-state index is 0.0415. The van der Waals surface area contributed by atoms with Crippen LogP contribution in [0.5, 0.6) is 0 Å². The van der Waals surface area contributed by atoms with E-state index in [9.17, 15) is 29.1 Å². The van der Waals surface area contributed by atoms with Gasteiger partial charge in [-0.05, 0) is 135 Å². The molecule has 20 nitrogen and oxygen atoms in total. The number of imidazole rings is 1. The van der Waals surface area contributed by atoms with Gasteiger partial charge in [0.2, 0.25) is 17.7 Å². The third kappa shape index (κ3) is 12.9. The second-order valence-electron chi connectivity index (χ2n) is 21.1. The van der Waals surface area contributed by atoms with Gasteiger partial charge in [-0.3, -0.25) is 38.4 Å². The number of hydrogen-bond donors (Lipinski definition) is 3. The van der Waals surface area contributed by atoms with Crippen molar-refractivity contribution < 1.29 is 42.9 Å². The lowest BCUT2D eigenvalue weighted by Gasteiger charge is -2.31. The number of likely N-dealkylation sites (N-methyl/N-ethyl adjacent to an activating group) is 1. The lowest BCUT2D eigenvalue weighted by molar-refractivity contribution is -0.135. The van der Waals surface area contributed by atoms with Crippen LogP contribution >= 0.6 is 0 Å². The lowest BCUT2D eigenvalue weighted by atomic mass is 9.86. The SMILES string of the molecule is CN(CCOCCOCCCc1cccc2c1n(C)c(=O)n2C1CCC(=O)NC1=O)CC1CCC(n2cc(NC(=O)c3coc(-c4ccnc(N(CC5CC5)C(=O)OC(C)(C)C)c4)n3)c(C(C)(C)O)n2)CC1. The standard InChI is InChI=1S/C52H70N10O10/c1-51(2,3)72-50(67)60(30-34-13-14-34)42-28-36(21-22-53-42)48-55-39(32-71-48)46(64)54-38-31-61(57-45(38)52(4,5)68)37-17-15-33(16-18-37)29-58(6)23-25-70-27-26-69-24-9-11-35-10-8-12-40-44(35)59(7)49(66)62(40)41-19-20-43(63)56-47(41)65/h8,10,12,21-22,28,31-34,37,41,68H,9,11,13-20,23-27,29-30H2,1-7H3,(H,54,64)(H,56,63,65). The monoisotopic (exact) mass is 995 g/mol. The molecule has 2 saturated carbocycles. The molecule has 3 N–H and O–H groups in total. The van der Waals surface area contributed by atoms with Crippen LogP contribution in [-0.4, -0.2) is 121 Å². The molecule has 2 aliphatic carbocycles. The van der Waals surface area contributed by atoms with E-state index in [1.807, 2.05) is 43.7 Å². The Kier molecular flexibility index (Phi) is 16.1. The van der Waals surface area contributed by atoms with Gasteiger partial charge in [-0.1, -0.05) is 12.1 Å². The molecule has 1 aromatic carbocycles. The minimum atomic E-state index is -1.33. The normalized spacial score (nSPS) is 18.7. The molecule has 0 radical (unpaired) electrons. The first-order chi connectivity index (χ1) is 34.3. The maximum Gasteiger partial charge on any atom is 0.416 e. The molecule has 5 heterocycles. The number of pyridine rings is 1. The maximum atomic E-state index is 13.6. The number of aryl methyl sites for hydroxylation is 2. The summed E-state index contributed by atoms with van der Waals surface area (Å²) in [5.41, 5.74) is 1.52. The topological polar surface area (TPSA) is 230 Å². The average Bonchev–Trinajstić information content (AvgIpc) is 3.70. The maximum absolute atomic E-state index is 13.6. The van der Waals surface area contributed by atoms with Gasteiger partial charge in [-0.2, -0.15) is 5.10 Å². The van der Waals surface area contributed by atoms with Crippen molar-refractivity contribution in [2.45, 2.75) is 122 Å². The number of carbonyl (C=O) groups is 4. The smallest absolute Gasteiger partial charge is 0.416 e. The molecule has 3 fully saturated rings. The number of rotatable bonds is 21. The second kappa shape index (κ2) is 22.3. The number of hydrogen-bond acceptors (Lipinski definition) is 14. The molecule has 388 valence electrons. The highest BCUT2D eigenvalue weighted by Crippen LogP contribution is 2.36. The van der Waals surface area contributed by atoms with Crippen molar-refractivity contribution in [2.75, 3.05) is 63.3 Å². The predicted molar refractivity (Wildman–Crippen MR) is 269 cm³/mol. The Hall–Kier alpha value is -6.22. The van der Waals surface area contributed by atoms with Gasteiger partial charge in [0, 0.05) is 57.7 Å². The van der Waals surface area contributed by atoms with E-state index in [4.69, 9.17) is 23.7 Å². The highest BCUT2D eigenvalue weighted by Gasteiger charge is 2.34. The van der Waals surface area contributed by atoms with Crippen molar-refractivity contribution in [3.8, 4) is 11.5 Å². The molecule has 1 saturated heterocycles. The Balaban J connectivity index is 0.753. The van der Waals surface area contributed by atoms with Gasteiger partial charge in [0.1, 0.15) is 35.0 Å². The molecule has 72 heavy (non-hydrogen) atoms. The van der Waals surface area contributed by atoms with E-state index in [2.05, 4.69) is 32.5 Å². The summed E-state index contributed by atoms with van der Waals surface area (Å²) in [4.78, 5) is 77.1. The first-order valence-corrected chi connectivity index (χ1v) is 25.2. The molecule has 20 heteroatoms. The van der Waals surface area contributed by atoms with Crippen LogP contribution in [0.25, 0.3) is 22.5 Å². The number of nitrogens with one attached hydrogen (secondary N) is 2. The lowest BCUT2D eigenvalue weighted by Crippen LogP contribution is -2.44. The Morgan fingerprint density at radius 3 is 2.38 bits per heavy atom. The van der Waals surface area contributed by atoms with E-state index in [-0.39, 0.29) is 35.6 Å². The number of fused-ring (bicyclic) bond motifs is 1. The molecule has 8 rings (SSSR count). The van der Waals surface area contributed by atoms with E-state index in [1.165, 1.54) is 10.8 Å². The number of ether oxygens (including phenoxy) is 3. The zero-order valence-electron chi connectivity index (χ0n) is 42.6. The number of imide groups is 1. The fourth-order valence-electron chi connectivity index (χ4n) is 9.64. The second-order valence-corrected chi connectivity index (χ2v) is 21.1. The Morgan fingerprint density at radius 1 is 0.944 bits per heavy atom. The zero-order chi connectivity index (χ0) is 51.3. The molecule has 4 aromatic heterocycles. The van der Waals surface area contributed by atoms with Gasteiger partial charge in [-0.15, -0.1) is 0 Å². The number of anilines is 2. The zero-order valence-corrected chi connectivity index (χ0v) is 42.6. The van der Waals surface area contributed by atoms with E-state index >= 15 is 0 Å². The van der Waals surface area contributed by atoms with Crippen LogP contribution in [0.1, 0.15) is 126 Å². The Morgan fingerprint density at radius 2 is 1.67 bits per heavy atom. The quantitative estimate of drug-likeness (QED) is 0.0525. The van der Waals surface area contributed by atoms with Crippen LogP contribution < -0.4 is 21.2 Å². The number of piperidine rings is 1. The first kappa shape index (κ1) is 52.1. The average molecular weight is 995 g/mol. The summed E-state index contributed by atoms with van der Waals surface area (Å²) in [6.07, 6.45) is 12.0. The Bertz CT molecular complexity index is 2790. The molecule has 1 atom stereocenters. The summed E-state index contributed by atoms with van der Waals surface area (Å²) in [7, 11) is 3.83. The Labute approximate surface area is 419 Å². The third-order valence-electron chi connectivity index (χ3n) is 13.5. The fraction of sp³-hybridized carbons (Fsp3) is 0.577. The third-order valence-corrected chi connectivity index (χ3v) is 13.5. The highest BCUT2D eigenvalue weighted by molar-refractivity contribution is 6.03. The number of benzene rings is 1. The van der Waals surface area contributed by atoms with Gasteiger partial charge in [0.15, 0.2) is 5.69 Å². The molecule has 5 aromatic rings. The van der Waals surface area contributed by atoms with Crippen molar-refractivity contribution in [3.63, 3.8) is 0 Å². The van der Waals surface area contributed by atoms with E-state index in [0.29, 0.717) is 85.9 Å². The number of para-hydroxylation sites is 1. The van der Waals surface area contributed by atoms with Gasteiger partial charge < -0.3 is 34.0 Å². The summed E-state index contributed by atoms with van der Waals surface area (Å²) in [6.45, 7) is 13.1. The molecule has 3 aliphatic rings. The summed E-state index contributed by atoms with van der Waals surface area (Å²) in [6, 6.07) is 8.53. The summed E-state index contributed by atoms with van der Waals surface area (Å²) in [5.74, 6) is 0.212. The number of aliphatic hydroxyl groups is 1. The number of aromatic nitrogens is 6. The number of carbonyl (C=O) groups excluding carboxylic acids is 4. The summed E-state index contributed by atoms with van der Waals surface area (Å²) >= 11 is 0. The van der Waals surface area contributed by atoms with Crippen molar-refractivity contribution in [1.29, 1.82) is 0 Å². The van der Waals surface area contributed by atoms with Gasteiger partial charge in [0.25, 0.3) is 5.91 Å². The van der Waals surface area contributed by atoms with Crippen molar-refractivity contribution >= 4 is 46.4 Å². The highest BCUT2D eigenvalue weighted by atomic mass is 16.6. The van der Waals surface area contributed by atoms with Crippen LogP contribution in [0.15, 0.2) is 58.2 Å². The largest absolute Gasteiger partial charge is 0.444 e. The van der Waals surface area contributed by atoms with Crippen LogP contribution in [0.2, 0.25) is 0 Å². The molecule has 1 unspecified atom stereocenters. The number of oxazole rings is 1. The minimum Gasteiger partial charge on any atom is -0.444 e. The van der Waals surface area contributed by atoms with Crippen molar-refractivity contribution in [1.82, 2.24) is 39.1 Å². The van der Waals surface area contributed by atoms with Crippen molar-refractivity contribution in [2.24, 2.45) is 18.9 Å². The molecule has 0 spiro atoms. The number of amides is 4. The molecular formula is C52H70N10O10. The molecule has 0 bridgehead atoms. The van der Waals surface area contributed by atoms with Gasteiger partial charge in [-0.25, -0.2) is 19.6 Å². The summed E-state index contributed by atoms with van der Waals surface area (Å²) in [5, 5.41) is 21.2. The molecule has 4 amide bonds. The predicted octanol–water partition coefficient (Wildman–Crippen LogP) is 6.52. The van der Waals surface area contributed by atoms with Crippen LogP contribution in [0, 0.1) is 11.8 Å². The fourth-order valence-corrected chi connectivity index (χ4v) is 9.64. The van der Waals surface area contributed by atoms with E-state index < -0.39 is 35.2 Å².